The fourth-order valence-corrected chi connectivity index (χ4v) is 11.3. The van der Waals surface area contributed by atoms with Crippen LogP contribution in [0.2, 0.25) is 0 Å². The van der Waals surface area contributed by atoms with E-state index in [0.29, 0.717) is 6.42 Å². The summed E-state index contributed by atoms with van der Waals surface area (Å²) in [5.74, 6) is -8.53. The fraction of sp³-hybridized carbons (Fsp3) is 0.939. The molecule has 28 atom stereocenters. The van der Waals surface area contributed by atoms with E-state index in [1.54, 1.807) is 25.9 Å². The molecule has 0 saturated carbocycles. The van der Waals surface area contributed by atoms with Crippen molar-refractivity contribution in [2.24, 2.45) is 23.2 Å². The average Bonchev–Trinajstić information content (AvgIpc) is 3.34. The van der Waals surface area contributed by atoms with Crippen molar-refractivity contribution in [3.05, 3.63) is 0 Å². The van der Waals surface area contributed by atoms with Crippen LogP contribution in [0.5, 0.6) is 0 Å². The molecule has 0 radical (unpaired) electrons. The van der Waals surface area contributed by atoms with Crippen LogP contribution in [0.4, 0.5) is 0 Å². The summed E-state index contributed by atoms with van der Waals surface area (Å²) >= 11 is 0. The molecule has 5 unspecified atom stereocenters. The van der Waals surface area contributed by atoms with Gasteiger partial charge in [-0.1, -0.05) is 27.7 Å². The molecule has 14 N–H and O–H groups in total. The van der Waals surface area contributed by atoms with Gasteiger partial charge in [0.2, 0.25) is 0 Å². The maximum atomic E-state index is 15.7. The Morgan fingerprint density at radius 2 is 1.39 bits per heavy atom. The molecule has 438 valence electrons. The zero-order chi connectivity index (χ0) is 57.4. The molecule has 0 bridgehead atoms. The number of ketones is 1. The third kappa shape index (κ3) is 13.5. The number of likely N-dealkylation sites (N-methyl/N-ethyl adjacent to an activating group) is 1. The SMILES string of the molecule is CC[C@H]1OC(=O)[C@](C)(C(O)C(O)C(O[C@@H]2O[C@H](CO)[C@@H](O)[C@@H](O)[C@H]2O)C(O)C(O)C(=O)O)[C@H](O[C@H]2C[C@@](C)(OC)[C@@H](O)[C@H](C)O2)[C@@H](C)[C@@H](O[C@@H]2O[C@H](C)C[C@H](N(C)C)[C@H]2O)[C@](C)(O)C[C@@H](C)C(=O)[C@H](C)[C@@H](O)[C@]1(C)O. The first-order valence-corrected chi connectivity index (χ1v) is 25.5. The lowest BCUT2D eigenvalue weighted by atomic mass is 9.67. The van der Waals surface area contributed by atoms with Gasteiger partial charge in [0, 0.05) is 37.3 Å². The number of aliphatic hydroxyl groups is 13. The van der Waals surface area contributed by atoms with Gasteiger partial charge in [-0.2, -0.15) is 0 Å². The first kappa shape index (κ1) is 65.3. The van der Waals surface area contributed by atoms with Crippen molar-refractivity contribution in [3.8, 4) is 0 Å². The van der Waals surface area contributed by atoms with Crippen LogP contribution in [-0.4, -0.2) is 267 Å². The van der Waals surface area contributed by atoms with Crippen LogP contribution >= 0.6 is 0 Å². The third-order valence-corrected chi connectivity index (χ3v) is 16.3. The van der Waals surface area contributed by atoms with Gasteiger partial charge in [0.05, 0.1) is 48.3 Å². The minimum atomic E-state index is -2.98. The predicted molar refractivity (Wildman–Crippen MR) is 256 cm³/mol. The minimum absolute atomic E-state index is 0.301. The van der Waals surface area contributed by atoms with Gasteiger partial charge in [-0.3, -0.25) is 9.59 Å². The van der Waals surface area contributed by atoms with Crippen molar-refractivity contribution in [2.45, 2.75) is 240 Å². The highest BCUT2D eigenvalue weighted by Crippen LogP contribution is 2.47. The summed E-state index contributed by atoms with van der Waals surface area (Å²) in [6, 6.07) is -0.605. The van der Waals surface area contributed by atoms with Crippen LogP contribution in [0.15, 0.2) is 0 Å². The predicted octanol–water partition coefficient (Wildman–Crippen LogP) is -4.13. The molecule has 4 aliphatic rings. The summed E-state index contributed by atoms with van der Waals surface area (Å²) in [5, 5.41) is 160. The fourth-order valence-electron chi connectivity index (χ4n) is 11.3. The summed E-state index contributed by atoms with van der Waals surface area (Å²) in [6.45, 7) is 12.6. The first-order valence-electron chi connectivity index (χ1n) is 25.5. The largest absolute Gasteiger partial charge is 0.479 e. The number of rotatable bonds is 16. The molecular weight excluding hydrogens is 1000 g/mol. The van der Waals surface area contributed by atoms with Crippen molar-refractivity contribution < 1.29 is 124 Å². The van der Waals surface area contributed by atoms with Crippen LogP contribution in [-0.2, 0) is 52.3 Å². The second-order valence-electron chi connectivity index (χ2n) is 22.4. The number of carboxylic acid groups (broad SMARTS) is 1. The van der Waals surface area contributed by atoms with Crippen LogP contribution in [0, 0.1) is 23.2 Å². The van der Waals surface area contributed by atoms with Gasteiger partial charge >= 0.3 is 11.9 Å². The molecule has 4 rings (SSSR count). The molecule has 4 fully saturated rings. The van der Waals surface area contributed by atoms with Crippen molar-refractivity contribution in [1.82, 2.24) is 4.90 Å². The van der Waals surface area contributed by atoms with Gasteiger partial charge in [0.25, 0.3) is 0 Å². The summed E-state index contributed by atoms with van der Waals surface area (Å²) in [5.41, 5.74) is -9.23. The third-order valence-electron chi connectivity index (χ3n) is 16.3. The highest BCUT2D eigenvalue weighted by atomic mass is 16.7. The van der Waals surface area contributed by atoms with Crippen molar-refractivity contribution in [2.75, 3.05) is 27.8 Å². The zero-order valence-corrected chi connectivity index (χ0v) is 45.1. The van der Waals surface area contributed by atoms with Crippen LogP contribution in [0.3, 0.4) is 0 Å². The lowest BCUT2D eigenvalue weighted by molar-refractivity contribution is -0.337. The number of aliphatic hydroxyl groups excluding tert-OH is 11. The Morgan fingerprint density at radius 3 is 1.92 bits per heavy atom. The Bertz CT molecular complexity index is 1880. The lowest BCUT2D eigenvalue weighted by Gasteiger charge is -2.52. The van der Waals surface area contributed by atoms with E-state index in [9.17, 15) is 81.1 Å². The summed E-state index contributed by atoms with van der Waals surface area (Å²) in [4.78, 5) is 43.9. The number of hydrogen-bond acceptors (Lipinski definition) is 25. The lowest BCUT2D eigenvalue weighted by Crippen LogP contribution is -2.67. The smallest absolute Gasteiger partial charge is 0.335 e. The molecule has 0 amide bonds. The molecule has 4 heterocycles. The normalized spacial score (nSPS) is 47.0. The van der Waals surface area contributed by atoms with E-state index in [-0.39, 0.29) is 12.8 Å². The van der Waals surface area contributed by atoms with Gasteiger partial charge in [-0.15, -0.1) is 0 Å². The van der Waals surface area contributed by atoms with Crippen LogP contribution < -0.4 is 0 Å². The molecule has 4 saturated heterocycles. The van der Waals surface area contributed by atoms with Crippen LogP contribution in [0.1, 0.15) is 94.9 Å². The number of cyclic esters (lactones) is 1. The molecule has 0 aromatic carbocycles. The molecular formula is C49H87NO25. The molecule has 26 nitrogen and oxygen atoms in total. The van der Waals surface area contributed by atoms with E-state index in [1.165, 1.54) is 55.6 Å². The second-order valence-corrected chi connectivity index (χ2v) is 22.4. The molecule has 0 spiro atoms. The molecule has 0 aromatic heterocycles. The number of carbonyl (C=O) groups excluding carboxylic acids is 2. The van der Waals surface area contributed by atoms with Gasteiger partial charge < -0.3 is 114 Å². The molecule has 0 aliphatic carbocycles. The molecule has 4 aliphatic heterocycles. The second kappa shape index (κ2) is 25.5. The highest BCUT2D eigenvalue weighted by molar-refractivity contribution is 5.83. The Kier molecular flexibility index (Phi) is 22.2. The van der Waals surface area contributed by atoms with E-state index in [2.05, 4.69) is 0 Å². The van der Waals surface area contributed by atoms with E-state index in [0.717, 1.165) is 13.8 Å². The Hall–Kier alpha value is -2.23. The zero-order valence-electron chi connectivity index (χ0n) is 45.1. The van der Waals surface area contributed by atoms with Gasteiger partial charge in [-0.05, 0) is 74.9 Å². The van der Waals surface area contributed by atoms with Gasteiger partial charge in [-0.25, -0.2) is 4.79 Å². The number of carbonyl (C=O) groups is 3. The minimum Gasteiger partial charge on any atom is -0.479 e. The number of Topliss-reactive ketones (excluding diaryl/α,β-unsaturated/α-hetero) is 1. The summed E-state index contributed by atoms with van der Waals surface area (Å²) in [6.07, 6.45) is -40.7. The summed E-state index contributed by atoms with van der Waals surface area (Å²) < 4.78 is 48.7. The quantitative estimate of drug-likeness (QED) is 0.0653. The van der Waals surface area contributed by atoms with Crippen molar-refractivity contribution in [1.29, 1.82) is 0 Å². The van der Waals surface area contributed by atoms with Crippen molar-refractivity contribution >= 4 is 17.7 Å². The topological polar surface area (TPSA) is 412 Å². The maximum Gasteiger partial charge on any atom is 0.335 e. The van der Waals surface area contributed by atoms with Crippen molar-refractivity contribution in [3.63, 3.8) is 0 Å². The molecule has 0 aromatic rings. The monoisotopic (exact) mass is 1090 g/mol. The first-order chi connectivity index (χ1) is 34.5. The highest BCUT2D eigenvalue weighted by Gasteiger charge is 2.63. The van der Waals surface area contributed by atoms with E-state index < -0.39 is 199 Å². The average molecular weight is 1090 g/mol. The maximum absolute atomic E-state index is 15.7. The van der Waals surface area contributed by atoms with E-state index in [1.807, 2.05) is 0 Å². The standard InChI is InChI=1S/C49H87NO25/c1-14-26-49(10,67)37(60)21(4)28(52)19(2)16-46(7,66)40(75-43-29(53)24(50(11)12)15-20(3)69-43)22(5)41(73-27-17-47(8,68-13)38(61)23(6)70-27)48(9,45(65)72-26)39(62)35(59)36(32(56)33(57)42(63)64)74-44-34(58)31(55)30(54)25(18-51)71-44/h19-27,29-41,43-44,51,53-62,66-67H,14-18H2,1-13H3,(H,63,64)/t19-,20-,21+,22+,23+,24+,25-,26-,27+,29-,30-,31-,32?,33?,34-,35?,36?,37-,38+,39?,40-,41-,43+,44+,46-,47-,48-,49-/m1/s1. The summed E-state index contributed by atoms with van der Waals surface area (Å²) in [7, 11) is 4.71. The number of methoxy groups -OCH3 is 1. The number of ether oxygens (including phenoxy) is 8. The number of esters is 1. The Balaban J connectivity index is 2.12. The van der Waals surface area contributed by atoms with E-state index >= 15 is 4.79 Å². The number of aliphatic carboxylic acids is 1. The Morgan fingerprint density at radius 1 is 0.787 bits per heavy atom. The number of nitrogens with zero attached hydrogens (tertiary/aromatic N) is 1. The number of carboxylic acids is 1. The number of hydrogen-bond donors (Lipinski definition) is 14. The Labute approximate surface area is 437 Å². The van der Waals surface area contributed by atoms with Gasteiger partial charge in [0.15, 0.2) is 25.0 Å². The van der Waals surface area contributed by atoms with Gasteiger partial charge in [0.1, 0.15) is 83.9 Å². The molecule has 75 heavy (non-hydrogen) atoms. The van der Waals surface area contributed by atoms with Crippen LogP contribution in [0.25, 0.3) is 0 Å². The van der Waals surface area contributed by atoms with E-state index in [4.69, 9.17) is 37.9 Å². The molecule has 26 heteroatoms.